The molecule has 1 aliphatic heterocycles. The first-order chi connectivity index (χ1) is 15.0. The Balaban J connectivity index is 1.23. The van der Waals surface area contributed by atoms with Gasteiger partial charge in [-0.15, -0.1) is 0 Å². The van der Waals surface area contributed by atoms with E-state index in [2.05, 4.69) is 26.9 Å². The third-order valence-corrected chi connectivity index (χ3v) is 6.74. The molecule has 1 aromatic carbocycles. The van der Waals surface area contributed by atoms with E-state index in [9.17, 15) is 4.79 Å². The monoisotopic (exact) mass is 460 g/mol. The molecule has 0 spiro atoms. The van der Waals surface area contributed by atoms with E-state index in [-0.39, 0.29) is 12.3 Å². The normalized spacial score (nSPS) is 17.6. The molecule has 5 nitrogen and oxygen atoms in total. The lowest BCUT2D eigenvalue weighted by Crippen LogP contribution is -2.46. The van der Waals surface area contributed by atoms with Crippen LogP contribution in [0, 0.1) is 5.92 Å². The number of rotatable bonds is 8. The Morgan fingerprint density at radius 1 is 1.10 bits per heavy atom. The summed E-state index contributed by atoms with van der Waals surface area (Å²) in [6.45, 7) is 7.26. The van der Waals surface area contributed by atoms with E-state index in [1.54, 1.807) is 30.1 Å². The molecule has 1 aliphatic carbocycles. The van der Waals surface area contributed by atoms with Crippen molar-refractivity contribution in [1.82, 2.24) is 19.7 Å². The molecule has 0 N–H and O–H groups in total. The number of carbonyl (C=O) groups is 1. The van der Waals surface area contributed by atoms with E-state index < -0.39 is 0 Å². The van der Waals surface area contributed by atoms with Gasteiger partial charge in [-0.1, -0.05) is 35.3 Å². The average molecular weight is 461 g/mol. The van der Waals surface area contributed by atoms with E-state index in [1.165, 1.54) is 32.5 Å². The zero-order valence-corrected chi connectivity index (χ0v) is 19.6. The second-order valence-corrected chi connectivity index (χ2v) is 9.68. The van der Waals surface area contributed by atoms with Gasteiger partial charge < -0.3 is 9.80 Å². The molecule has 1 saturated carbocycles. The number of hydrogen-bond acceptors (Lipinski definition) is 4. The van der Waals surface area contributed by atoms with E-state index in [0.717, 1.165) is 42.4 Å². The molecule has 1 amide bonds. The number of likely N-dealkylation sites (N-methyl/N-ethyl adjacent to an activating group) is 1. The fourth-order valence-electron chi connectivity index (χ4n) is 3.99. The first-order valence-corrected chi connectivity index (χ1v) is 11.8. The maximum Gasteiger partial charge on any atom is 0.227 e. The molecule has 1 aromatic heterocycles. The summed E-state index contributed by atoms with van der Waals surface area (Å²) in [5.41, 5.74) is 2.89. The molecule has 7 heteroatoms. The summed E-state index contributed by atoms with van der Waals surface area (Å²) in [4.78, 5) is 24.0. The first-order valence-electron chi connectivity index (χ1n) is 11.0. The molecular weight excluding hydrogens is 431 g/mol. The van der Waals surface area contributed by atoms with Crippen LogP contribution < -0.4 is 0 Å². The van der Waals surface area contributed by atoms with Crippen molar-refractivity contribution in [3.8, 4) is 0 Å². The summed E-state index contributed by atoms with van der Waals surface area (Å²) in [6, 6.07) is 9.39. The maximum atomic E-state index is 12.6. The molecule has 166 valence electrons. The summed E-state index contributed by atoms with van der Waals surface area (Å²) in [7, 11) is 1.81. The Morgan fingerprint density at radius 2 is 1.84 bits per heavy atom. The fraction of sp³-hybridized carbons (Fsp3) is 0.500. The molecule has 2 aromatic rings. The van der Waals surface area contributed by atoms with Crippen LogP contribution in [-0.4, -0.2) is 65.4 Å². The van der Waals surface area contributed by atoms with Crippen LogP contribution in [0.3, 0.4) is 0 Å². The van der Waals surface area contributed by atoms with Crippen LogP contribution in [-0.2, 0) is 24.3 Å². The smallest absolute Gasteiger partial charge is 0.227 e. The molecule has 2 heterocycles. The third kappa shape index (κ3) is 6.66. The molecule has 0 atom stereocenters. The van der Waals surface area contributed by atoms with E-state index in [1.807, 2.05) is 6.20 Å². The van der Waals surface area contributed by atoms with Gasteiger partial charge >= 0.3 is 0 Å². The Kier molecular flexibility index (Phi) is 7.49. The second kappa shape index (κ2) is 10.3. The topological polar surface area (TPSA) is 39.7 Å². The summed E-state index contributed by atoms with van der Waals surface area (Å²) >= 11 is 12.1. The van der Waals surface area contributed by atoms with Gasteiger partial charge in [0.2, 0.25) is 5.91 Å². The molecule has 2 fully saturated rings. The average Bonchev–Trinajstić information content (AvgIpc) is 3.57. The van der Waals surface area contributed by atoms with Crippen LogP contribution in [0.15, 0.2) is 36.5 Å². The minimum atomic E-state index is 0.0115. The van der Waals surface area contributed by atoms with Gasteiger partial charge in [0.1, 0.15) is 0 Å². The zero-order chi connectivity index (χ0) is 21.8. The van der Waals surface area contributed by atoms with Crippen molar-refractivity contribution < 1.29 is 4.79 Å². The largest absolute Gasteiger partial charge is 0.341 e. The summed E-state index contributed by atoms with van der Waals surface area (Å²) in [6.07, 6.45) is 4.99. The number of nitrogens with zero attached hydrogens (tertiary/aromatic N) is 4. The molecule has 31 heavy (non-hydrogen) atoms. The number of hydrogen-bond donors (Lipinski definition) is 0. The number of halogens is 2. The number of piperazine rings is 1. The minimum Gasteiger partial charge on any atom is -0.341 e. The highest BCUT2D eigenvalue weighted by Gasteiger charge is 2.26. The van der Waals surface area contributed by atoms with Crippen LogP contribution in [0.5, 0.6) is 0 Å². The Labute approximate surface area is 194 Å². The van der Waals surface area contributed by atoms with Crippen molar-refractivity contribution in [3.05, 3.63) is 63.4 Å². The van der Waals surface area contributed by atoms with Crippen LogP contribution in [0.2, 0.25) is 10.0 Å². The third-order valence-electron chi connectivity index (χ3n) is 6.15. The van der Waals surface area contributed by atoms with Crippen molar-refractivity contribution in [3.63, 3.8) is 0 Å². The van der Waals surface area contributed by atoms with Crippen LogP contribution >= 0.6 is 23.2 Å². The molecule has 0 radical (unpaired) electrons. The summed E-state index contributed by atoms with van der Waals surface area (Å²) in [5.74, 6) is 0.978. The van der Waals surface area contributed by atoms with Crippen LogP contribution in [0.25, 0.3) is 0 Å². The fourth-order valence-corrected chi connectivity index (χ4v) is 4.47. The molecule has 2 aliphatic rings. The van der Waals surface area contributed by atoms with Crippen molar-refractivity contribution in [1.29, 1.82) is 0 Å². The molecule has 0 bridgehead atoms. The van der Waals surface area contributed by atoms with Crippen molar-refractivity contribution in [2.24, 2.45) is 5.92 Å². The molecule has 4 rings (SSSR count). The number of carbonyl (C=O) groups excluding carboxylic acids is 1. The van der Waals surface area contributed by atoms with Gasteiger partial charge in [-0.3, -0.25) is 14.7 Å². The minimum absolute atomic E-state index is 0.0115. The lowest BCUT2D eigenvalue weighted by molar-refractivity contribution is -0.129. The summed E-state index contributed by atoms with van der Waals surface area (Å²) < 4.78 is 0. The lowest BCUT2D eigenvalue weighted by atomic mass is 10.1. The number of amides is 1. The number of aromatic nitrogens is 1. The number of pyridine rings is 1. The SMILES string of the molecule is CN(Cc1ccc(CN2CCN(CC3CC3)CC2)nc1)C(=O)Cc1ccc(Cl)cc1Cl. The lowest BCUT2D eigenvalue weighted by Gasteiger charge is -2.34. The van der Waals surface area contributed by atoms with E-state index in [4.69, 9.17) is 23.2 Å². The predicted molar refractivity (Wildman–Crippen MR) is 125 cm³/mol. The molecule has 0 unspecified atom stereocenters. The highest BCUT2D eigenvalue weighted by Crippen LogP contribution is 2.30. The zero-order valence-electron chi connectivity index (χ0n) is 18.1. The Hall–Kier alpha value is -1.66. The number of benzene rings is 1. The highest BCUT2D eigenvalue weighted by molar-refractivity contribution is 6.35. The van der Waals surface area contributed by atoms with Gasteiger partial charge in [-0.2, -0.15) is 0 Å². The predicted octanol–water partition coefficient (Wildman–Crippen LogP) is 4.12. The van der Waals surface area contributed by atoms with E-state index >= 15 is 0 Å². The van der Waals surface area contributed by atoms with Gasteiger partial charge in [-0.05, 0) is 48.1 Å². The van der Waals surface area contributed by atoms with E-state index in [0.29, 0.717) is 16.6 Å². The molecule has 1 saturated heterocycles. The van der Waals surface area contributed by atoms with Gasteiger partial charge in [0.05, 0.1) is 12.1 Å². The first kappa shape index (κ1) is 22.5. The van der Waals surface area contributed by atoms with Crippen LogP contribution in [0.1, 0.15) is 29.7 Å². The highest BCUT2D eigenvalue weighted by atomic mass is 35.5. The van der Waals surface area contributed by atoms with Crippen molar-refractivity contribution >= 4 is 29.1 Å². The quantitative estimate of drug-likeness (QED) is 0.593. The van der Waals surface area contributed by atoms with Gasteiger partial charge in [0.15, 0.2) is 0 Å². The standard InChI is InChI=1S/C24H30Cl2N4O/c1-28(24(31)12-20-5-6-21(25)13-23(20)26)15-19-4-7-22(27-14-19)17-30-10-8-29(9-11-30)16-18-2-3-18/h4-7,13-14,18H,2-3,8-12,15-17H2,1H3. The van der Waals surface area contributed by atoms with Gasteiger partial charge in [-0.25, -0.2) is 0 Å². The van der Waals surface area contributed by atoms with Crippen LogP contribution in [0.4, 0.5) is 0 Å². The molecular formula is C24H30Cl2N4O. The van der Waals surface area contributed by atoms with Crippen molar-refractivity contribution in [2.45, 2.75) is 32.4 Å². The Morgan fingerprint density at radius 3 is 2.48 bits per heavy atom. The Bertz CT molecular complexity index is 893. The summed E-state index contributed by atoms with van der Waals surface area (Å²) in [5, 5.41) is 1.09. The van der Waals surface area contributed by atoms with Crippen molar-refractivity contribution in [2.75, 3.05) is 39.8 Å². The van der Waals surface area contributed by atoms with Gasteiger partial charge in [0.25, 0.3) is 0 Å². The maximum absolute atomic E-state index is 12.6. The van der Waals surface area contributed by atoms with Gasteiger partial charge in [0, 0.05) is 69.1 Å². The second-order valence-electron chi connectivity index (χ2n) is 8.84.